The molecule has 3 aromatic carbocycles. The Hall–Kier alpha value is -3.92. The molecule has 0 saturated carbocycles. The standard InChI is InChI=1S/C21H17N3O6S/c1-2-23-18-5-3-4-6-20(18)30-19-12-7-14(13-17(19)21(23)25)22-31(28,29)16-10-8-15(9-11-16)24(26)27/h3-13,22H,2H2,1H3. The minimum absolute atomic E-state index is 0.141. The van der Waals surface area contributed by atoms with Gasteiger partial charge >= 0.3 is 0 Å². The van der Waals surface area contributed by atoms with Gasteiger partial charge < -0.3 is 9.64 Å². The quantitative estimate of drug-likeness (QED) is 0.471. The van der Waals surface area contributed by atoms with Crippen LogP contribution >= 0.6 is 0 Å². The summed E-state index contributed by atoms with van der Waals surface area (Å²) in [5.74, 6) is 0.515. The zero-order chi connectivity index (χ0) is 22.2. The molecule has 1 heterocycles. The summed E-state index contributed by atoms with van der Waals surface area (Å²) in [4.78, 5) is 24.7. The first kappa shape index (κ1) is 20.4. The molecule has 1 amide bonds. The smallest absolute Gasteiger partial charge is 0.269 e. The molecule has 1 aliphatic rings. The first-order chi connectivity index (χ1) is 14.8. The summed E-state index contributed by atoms with van der Waals surface area (Å²) in [5.41, 5.74) is 0.781. The summed E-state index contributed by atoms with van der Waals surface area (Å²) < 4.78 is 33.7. The van der Waals surface area contributed by atoms with Crippen LogP contribution in [0.25, 0.3) is 0 Å². The van der Waals surface area contributed by atoms with Crippen molar-refractivity contribution >= 4 is 33.0 Å². The van der Waals surface area contributed by atoms with Crippen molar-refractivity contribution in [2.75, 3.05) is 16.2 Å². The first-order valence-corrected chi connectivity index (χ1v) is 10.8. The second-order valence-corrected chi connectivity index (χ2v) is 8.37. The van der Waals surface area contributed by atoms with Gasteiger partial charge in [0, 0.05) is 24.4 Å². The average Bonchev–Trinajstić information content (AvgIpc) is 2.87. The summed E-state index contributed by atoms with van der Waals surface area (Å²) in [6.45, 7) is 2.23. The molecule has 9 nitrogen and oxygen atoms in total. The number of hydrogen-bond acceptors (Lipinski definition) is 6. The monoisotopic (exact) mass is 439 g/mol. The second kappa shape index (κ2) is 7.73. The molecule has 1 N–H and O–H groups in total. The lowest BCUT2D eigenvalue weighted by Gasteiger charge is -2.19. The van der Waals surface area contributed by atoms with Crippen LogP contribution in [-0.2, 0) is 10.0 Å². The van der Waals surface area contributed by atoms with Gasteiger partial charge in [-0.1, -0.05) is 12.1 Å². The lowest BCUT2D eigenvalue weighted by atomic mass is 10.1. The van der Waals surface area contributed by atoms with E-state index in [0.29, 0.717) is 23.7 Å². The van der Waals surface area contributed by atoms with Gasteiger partial charge in [-0.25, -0.2) is 8.42 Å². The van der Waals surface area contributed by atoms with Gasteiger partial charge in [0.2, 0.25) is 0 Å². The summed E-state index contributed by atoms with van der Waals surface area (Å²) in [6, 6.07) is 16.1. The molecule has 31 heavy (non-hydrogen) atoms. The Morgan fingerprint density at radius 3 is 2.42 bits per heavy atom. The van der Waals surface area contributed by atoms with E-state index in [9.17, 15) is 23.3 Å². The molecule has 10 heteroatoms. The molecule has 0 atom stereocenters. The molecule has 0 unspecified atom stereocenters. The molecular formula is C21H17N3O6S. The Labute approximate surface area is 178 Å². The second-order valence-electron chi connectivity index (χ2n) is 6.69. The number of nitrogens with one attached hydrogen (secondary N) is 1. The van der Waals surface area contributed by atoms with E-state index in [1.165, 1.54) is 18.2 Å². The number of rotatable bonds is 5. The van der Waals surface area contributed by atoms with Gasteiger partial charge in [-0.2, -0.15) is 0 Å². The number of ether oxygens (including phenoxy) is 1. The molecule has 1 aliphatic heterocycles. The van der Waals surface area contributed by atoms with E-state index in [1.807, 2.05) is 6.92 Å². The number of carbonyl (C=O) groups excluding carboxylic acids is 1. The van der Waals surface area contributed by atoms with Gasteiger partial charge in [0.1, 0.15) is 5.75 Å². The van der Waals surface area contributed by atoms with Crippen molar-refractivity contribution in [3.05, 3.63) is 82.4 Å². The molecular weight excluding hydrogens is 422 g/mol. The third-order valence-corrected chi connectivity index (χ3v) is 6.15. The van der Waals surface area contributed by atoms with Crippen LogP contribution in [0, 0.1) is 10.1 Å². The van der Waals surface area contributed by atoms with Crippen LogP contribution in [0.1, 0.15) is 17.3 Å². The van der Waals surface area contributed by atoms with Crippen LogP contribution in [0.3, 0.4) is 0 Å². The molecule has 4 rings (SSSR count). The number of benzene rings is 3. The zero-order valence-electron chi connectivity index (χ0n) is 16.3. The number of hydrogen-bond donors (Lipinski definition) is 1. The predicted octanol–water partition coefficient (Wildman–Crippen LogP) is 4.17. The Balaban J connectivity index is 1.68. The van der Waals surface area contributed by atoms with Crippen molar-refractivity contribution < 1.29 is 22.9 Å². The van der Waals surface area contributed by atoms with Crippen LogP contribution in [0.15, 0.2) is 71.6 Å². The third-order valence-electron chi connectivity index (χ3n) is 4.76. The number of para-hydroxylation sites is 2. The topological polar surface area (TPSA) is 119 Å². The van der Waals surface area contributed by atoms with Crippen LogP contribution < -0.4 is 14.4 Å². The maximum absolute atomic E-state index is 13.1. The highest BCUT2D eigenvalue weighted by Gasteiger charge is 2.28. The Kier molecular flexibility index (Phi) is 5.07. The Morgan fingerprint density at radius 1 is 1.03 bits per heavy atom. The van der Waals surface area contributed by atoms with Gasteiger partial charge in [-0.05, 0) is 49.4 Å². The number of nitro benzene ring substituents is 1. The summed E-state index contributed by atoms with van der Waals surface area (Å²) >= 11 is 0. The van der Waals surface area contributed by atoms with E-state index in [0.717, 1.165) is 24.3 Å². The average molecular weight is 439 g/mol. The number of nitro groups is 1. The summed E-state index contributed by atoms with van der Waals surface area (Å²) in [5, 5.41) is 10.8. The maximum Gasteiger partial charge on any atom is 0.269 e. The van der Waals surface area contributed by atoms with Gasteiger partial charge in [-0.3, -0.25) is 19.6 Å². The van der Waals surface area contributed by atoms with Crippen LogP contribution in [0.5, 0.6) is 11.5 Å². The van der Waals surface area contributed by atoms with E-state index in [4.69, 9.17) is 4.74 Å². The maximum atomic E-state index is 13.1. The van der Waals surface area contributed by atoms with Crippen molar-refractivity contribution in [3.63, 3.8) is 0 Å². The van der Waals surface area contributed by atoms with Crippen LogP contribution in [0.2, 0.25) is 0 Å². The Morgan fingerprint density at radius 2 is 1.74 bits per heavy atom. The molecule has 158 valence electrons. The Bertz CT molecular complexity index is 1290. The first-order valence-electron chi connectivity index (χ1n) is 9.30. The summed E-state index contributed by atoms with van der Waals surface area (Å²) in [6.07, 6.45) is 0. The van der Waals surface area contributed by atoms with Crippen molar-refractivity contribution in [3.8, 4) is 11.5 Å². The molecule has 0 fully saturated rings. The molecule has 0 bridgehead atoms. The fourth-order valence-corrected chi connectivity index (χ4v) is 4.31. The van der Waals surface area contributed by atoms with E-state index in [1.54, 1.807) is 29.2 Å². The molecule has 0 aromatic heterocycles. The molecule has 0 saturated heterocycles. The third kappa shape index (κ3) is 3.80. The number of sulfonamides is 1. The van der Waals surface area contributed by atoms with Gasteiger partial charge in [-0.15, -0.1) is 0 Å². The van der Waals surface area contributed by atoms with E-state index in [2.05, 4.69) is 4.72 Å². The zero-order valence-corrected chi connectivity index (χ0v) is 17.1. The van der Waals surface area contributed by atoms with Gasteiger partial charge in [0.15, 0.2) is 5.75 Å². The number of amides is 1. The van der Waals surface area contributed by atoms with Crippen LogP contribution in [-0.4, -0.2) is 25.8 Å². The highest BCUT2D eigenvalue weighted by molar-refractivity contribution is 7.92. The highest BCUT2D eigenvalue weighted by atomic mass is 32.2. The van der Waals surface area contributed by atoms with Crippen molar-refractivity contribution in [1.29, 1.82) is 0 Å². The van der Waals surface area contributed by atoms with Crippen molar-refractivity contribution in [2.24, 2.45) is 0 Å². The number of anilines is 2. The highest BCUT2D eigenvalue weighted by Crippen LogP contribution is 2.39. The molecule has 0 spiro atoms. The molecule has 0 aliphatic carbocycles. The number of non-ortho nitro benzene ring substituents is 1. The van der Waals surface area contributed by atoms with E-state index >= 15 is 0 Å². The minimum atomic E-state index is -4.02. The lowest BCUT2D eigenvalue weighted by molar-refractivity contribution is -0.384. The minimum Gasteiger partial charge on any atom is -0.454 e. The number of carbonyl (C=O) groups is 1. The van der Waals surface area contributed by atoms with E-state index < -0.39 is 14.9 Å². The number of nitrogens with zero attached hydrogens (tertiary/aromatic N) is 2. The van der Waals surface area contributed by atoms with E-state index in [-0.39, 0.29) is 27.7 Å². The van der Waals surface area contributed by atoms with Gasteiger partial charge in [0.05, 0.1) is 21.1 Å². The predicted molar refractivity (Wildman–Crippen MR) is 114 cm³/mol. The molecule has 0 radical (unpaired) electrons. The van der Waals surface area contributed by atoms with Gasteiger partial charge in [0.25, 0.3) is 21.6 Å². The van der Waals surface area contributed by atoms with Crippen molar-refractivity contribution in [2.45, 2.75) is 11.8 Å². The largest absolute Gasteiger partial charge is 0.454 e. The molecule has 3 aromatic rings. The fraction of sp³-hybridized carbons (Fsp3) is 0.0952. The number of fused-ring (bicyclic) bond motifs is 2. The normalized spacial score (nSPS) is 12.9. The summed E-state index contributed by atoms with van der Waals surface area (Å²) in [7, 11) is -4.02. The lowest BCUT2D eigenvalue weighted by Crippen LogP contribution is -2.29. The van der Waals surface area contributed by atoms with Crippen LogP contribution in [0.4, 0.5) is 17.1 Å². The fourth-order valence-electron chi connectivity index (χ4n) is 3.26. The van der Waals surface area contributed by atoms with Crippen molar-refractivity contribution in [1.82, 2.24) is 0 Å². The SMILES string of the molecule is CCN1C(=O)c2cc(NS(=O)(=O)c3ccc([N+](=O)[O-])cc3)ccc2Oc2ccccc21.